The number of primary amides is 1. The van der Waals surface area contributed by atoms with E-state index in [9.17, 15) is 9.59 Å². The first-order valence-electron chi connectivity index (χ1n) is 5.81. The van der Waals surface area contributed by atoms with Crippen LogP contribution in [0.15, 0.2) is 34.5 Å². The van der Waals surface area contributed by atoms with Crippen molar-refractivity contribution < 1.29 is 9.59 Å². The number of aryl methyl sites for hydroxylation is 1. The second kappa shape index (κ2) is 6.53. The van der Waals surface area contributed by atoms with Crippen molar-refractivity contribution >= 4 is 40.0 Å². The van der Waals surface area contributed by atoms with Crippen LogP contribution in [0, 0.1) is 6.92 Å². The smallest absolute Gasteiger partial charge is 0.257 e. The highest BCUT2D eigenvalue weighted by atomic mass is 32.2. The molecule has 0 atom stereocenters. The first-order valence-corrected chi connectivity index (χ1v) is 7.61. The standard InChI is InChI=1S/C13H13N3O2S2/c1-8-12(19-7-10(14)17)20-13(15-8)16-11(18)9-5-3-2-4-6-9/h2-6H,7H2,1H3,(H2,14,17)(H,15,16,18). The van der Waals surface area contributed by atoms with Crippen LogP contribution in [0.5, 0.6) is 0 Å². The average molecular weight is 307 g/mol. The first-order chi connectivity index (χ1) is 9.56. The fourth-order valence-corrected chi connectivity index (χ4v) is 3.34. The Balaban J connectivity index is 2.05. The SMILES string of the molecule is Cc1nc(NC(=O)c2ccccc2)sc1SCC(N)=O. The maximum absolute atomic E-state index is 12.0. The molecule has 0 spiro atoms. The molecule has 2 aromatic rings. The number of carbonyl (C=O) groups is 2. The van der Waals surface area contributed by atoms with Crippen molar-refractivity contribution in [2.45, 2.75) is 11.1 Å². The average Bonchev–Trinajstić information content (AvgIpc) is 2.77. The van der Waals surface area contributed by atoms with Crippen molar-refractivity contribution in [3.05, 3.63) is 41.6 Å². The zero-order valence-electron chi connectivity index (χ0n) is 10.8. The minimum absolute atomic E-state index is 0.203. The van der Waals surface area contributed by atoms with Gasteiger partial charge in [-0.1, -0.05) is 29.5 Å². The molecule has 0 saturated carbocycles. The minimum Gasteiger partial charge on any atom is -0.369 e. The summed E-state index contributed by atoms with van der Waals surface area (Å²) in [5, 5.41) is 3.26. The van der Waals surface area contributed by atoms with E-state index >= 15 is 0 Å². The third-order valence-corrected chi connectivity index (χ3v) is 4.81. The van der Waals surface area contributed by atoms with Gasteiger partial charge in [-0.05, 0) is 19.1 Å². The van der Waals surface area contributed by atoms with Crippen molar-refractivity contribution in [2.24, 2.45) is 5.73 Å². The predicted octanol–water partition coefficient (Wildman–Crippen LogP) is 2.28. The van der Waals surface area contributed by atoms with E-state index in [-0.39, 0.29) is 17.6 Å². The van der Waals surface area contributed by atoms with Crippen LogP contribution in [0.3, 0.4) is 0 Å². The number of nitrogens with zero attached hydrogens (tertiary/aromatic N) is 1. The molecular weight excluding hydrogens is 294 g/mol. The number of thioether (sulfide) groups is 1. The molecule has 2 amide bonds. The molecule has 0 fully saturated rings. The molecule has 0 aliphatic carbocycles. The van der Waals surface area contributed by atoms with E-state index in [0.29, 0.717) is 10.7 Å². The summed E-state index contributed by atoms with van der Waals surface area (Å²) in [6.45, 7) is 1.83. The van der Waals surface area contributed by atoms with E-state index in [1.165, 1.54) is 23.1 Å². The molecule has 1 aromatic heterocycles. The number of nitrogens with two attached hydrogens (primary N) is 1. The lowest BCUT2D eigenvalue weighted by Crippen LogP contribution is -2.12. The van der Waals surface area contributed by atoms with Crippen LogP contribution in [0.1, 0.15) is 16.1 Å². The molecule has 7 heteroatoms. The van der Waals surface area contributed by atoms with Crippen LogP contribution in [0.25, 0.3) is 0 Å². The van der Waals surface area contributed by atoms with Crippen molar-refractivity contribution in [1.82, 2.24) is 4.98 Å². The zero-order chi connectivity index (χ0) is 14.5. The summed E-state index contributed by atoms with van der Waals surface area (Å²) in [5.74, 6) is -0.377. The second-order valence-corrected chi connectivity index (χ2v) is 6.21. The van der Waals surface area contributed by atoms with Gasteiger partial charge in [-0.2, -0.15) is 0 Å². The van der Waals surface area contributed by atoms with Gasteiger partial charge >= 0.3 is 0 Å². The van der Waals surface area contributed by atoms with Gasteiger partial charge in [0.25, 0.3) is 5.91 Å². The highest BCUT2D eigenvalue weighted by molar-refractivity contribution is 8.01. The number of thiazole rings is 1. The monoisotopic (exact) mass is 307 g/mol. The van der Waals surface area contributed by atoms with E-state index in [2.05, 4.69) is 10.3 Å². The number of amides is 2. The van der Waals surface area contributed by atoms with E-state index in [0.717, 1.165) is 9.90 Å². The molecular formula is C13H13N3O2S2. The van der Waals surface area contributed by atoms with Gasteiger partial charge in [0.15, 0.2) is 5.13 Å². The fourth-order valence-electron chi connectivity index (χ4n) is 1.47. The number of hydrogen-bond donors (Lipinski definition) is 2. The van der Waals surface area contributed by atoms with Crippen LogP contribution >= 0.6 is 23.1 Å². The van der Waals surface area contributed by atoms with Gasteiger partial charge < -0.3 is 5.73 Å². The summed E-state index contributed by atoms with van der Waals surface area (Å²) in [6, 6.07) is 8.92. The lowest BCUT2D eigenvalue weighted by molar-refractivity contribution is -0.115. The van der Waals surface area contributed by atoms with Gasteiger partial charge in [-0.15, -0.1) is 11.8 Å². The molecule has 0 aliphatic rings. The molecule has 0 saturated heterocycles. The molecule has 2 rings (SSSR count). The van der Waals surface area contributed by atoms with Crippen LogP contribution < -0.4 is 11.1 Å². The van der Waals surface area contributed by atoms with E-state index < -0.39 is 0 Å². The molecule has 20 heavy (non-hydrogen) atoms. The summed E-state index contributed by atoms with van der Waals surface area (Å²) < 4.78 is 0.882. The van der Waals surface area contributed by atoms with Crippen molar-refractivity contribution in [1.29, 1.82) is 0 Å². The largest absolute Gasteiger partial charge is 0.369 e. The third kappa shape index (κ3) is 3.82. The Labute approximate surface area is 124 Å². The Hall–Kier alpha value is -1.86. The molecule has 1 heterocycles. The van der Waals surface area contributed by atoms with Crippen molar-refractivity contribution in [3.63, 3.8) is 0 Å². The molecule has 0 radical (unpaired) electrons. The van der Waals surface area contributed by atoms with Crippen molar-refractivity contribution in [2.75, 3.05) is 11.1 Å². The quantitative estimate of drug-likeness (QED) is 0.830. The second-order valence-electron chi connectivity index (χ2n) is 3.97. The first kappa shape index (κ1) is 14.5. The molecule has 104 valence electrons. The predicted molar refractivity (Wildman–Crippen MR) is 81.2 cm³/mol. The lowest BCUT2D eigenvalue weighted by atomic mass is 10.2. The maximum Gasteiger partial charge on any atom is 0.257 e. The molecule has 0 unspecified atom stereocenters. The normalized spacial score (nSPS) is 10.2. The summed E-state index contributed by atoms with van der Waals surface area (Å²) in [5.41, 5.74) is 6.47. The highest BCUT2D eigenvalue weighted by Gasteiger charge is 2.12. The Morgan fingerprint density at radius 1 is 1.35 bits per heavy atom. The van der Waals surface area contributed by atoms with E-state index in [1.54, 1.807) is 24.3 Å². The summed E-state index contributed by atoms with van der Waals surface area (Å²) in [7, 11) is 0. The van der Waals surface area contributed by atoms with Gasteiger partial charge in [0.05, 0.1) is 15.7 Å². The fraction of sp³-hybridized carbons (Fsp3) is 0.154. The zero-order valence-corrected chi connectivity index (χ0v) is 12.4. The number of benzene rings is 1. The summed E-state index contributed by atoms with van der Waals surface area (Å²) in [4.78, 5) is 27.0. The number of rotatable bonds is 5. The highest BCUT2D eigenvalue weighted by Crippen LogP contribution is 2.31. The minimum atomic E-state index is -0.377. The van der Waals surface area contributed by atoms with Gasteiger partial charge in [0, 0.05) is 5.56 Å². The van der Waals surface area contributed by atoms with Gasteiger partial charge in [-0.3, -0.25) is 14.9 Å². The van der Waals surface area contributed by atoms with Crippen molar-refractivity contribution in [3.8, 4) is 0 Å². The Morgan fingerprint density at radius 3 is 2.70 bits per heavy atom. The van der Waals surface area contributed by atoms with Crippen LogP contribution in [-0.4, -0.2) is 22.6 Å². The molecule has 3 N–H and O–H groups in total. The lowest BCUT2D eigenvalue weighted by Gasteiger charge is -2.00. The Morgan fingerprint density at radius 2 is 2.05 bits per heavy atom. The Bertz CT molecular complexity index is 626. The van der Waals surface area contributed by atoms with Gasteiger partial charge in [0.2, 0.25) is 5.91 Å². The van der Waals surface area contributed by atoms with Crippen LogP contribution in [-0.2, 0) is 4.79 Å². The third-order valence-electron chi connectivity index (χ3n) is 2.36. The number of anilines is 1. The summed E-state index contributed by atoms with van der Waals surface area (Å²) in [6.07, 6.45) is 0. The number of nitrogens with one attached hydrogen (secondary N) is 1. The molecule has 5 nitrogen and oxygen atoms in total. The number of carbonyl (C=O) groups excluding carboxylic acids is 2. The maximum atomic E-state index is 12.0. The van der Waals surface area contributed by atoms with Gasteiger partial charge in [-0.25, -0.2) is 4.98 Å². The number of aromatic nitrogens is 1. The Kier molecular flexibility index (Phi) is 4.75. The van der Waals surface area contributed by atoms with Crippen LogP contribution in [0.2, 0.25) is 0 Å². The van der Waals surface area contributed by atoms with Gasteiger partial charge in [0.1, 0.15) is 0 Å². The van der Waals surface area contributed by atoms with E-state index in [1.807, 2.05) is 13.0 Å². The van der Waals surface area contributed by atoms with Crippen LogP contribution in [0.4, 0.5) is 5.13 Å². The molecule has 0 aliphatic heterocycles. The molecule has 1 aromatic carbocycles. The topological polar surface area (TPSA) is 85.1 Å². The van der Waals surface area contributed by atoms with E-state index in [4.69, 9.17) is 5.73 Å². The summed E-state index contributed by atoms with van der Waals surface area (Å²) >= 11 is 2.67. The number of hydrogen-bond acceptors (Lipinski definition) is 5. The molecule has 0 bridgehead atoms.